The monoisotopic (exact) mass is 877 g/mol. The molecule has 0 radical (unpaired) electrons. The highest BCUT2D eigenvalue weighted by molar-refractivity contribution is 6.25. The molecule has 1 heteroatoms. The average molecular weight is 878 g/mol. The number of nitrogens with zero attached hydrogens (tertiary/aromatic N) is 1. The topological polar surface area (TPSA) is 3.24 Å². The van der Waals surface area contributed by atoms with E-state index < -0.39 is 0 Å². The Morgan fingerprint density at radius 2 is 0.580 bits per heavy atom. The predicted molar refractivity (Wildman–Crippen MR) is 294 cm³/mol. The van der Waals surface area contributed by atoms with Crippen LogP contribution in [0.4, 0.5) is 17.1 Å². The molecule has 0 unspecified atom stereocenters. The first kappa shape index (κ1) is 41.4. The van der Waals surface area contributed by atoms with E-state index >= 15 is 0 Å². The molecule has 0 aliphatic carbocycles. The number of rotatable bonds is 10. The molecule has 0 aliphatic heterocycles. The van der Waals surface area contributed by atoms with E-state index in [-0.39, 0.29) is 0 Å². The first-order valence-corrected chi connectivity index (χ1v) is 23.8. The largest absolute Gasteiger partial charge is 0.310 e. The van der Waals surface area contributed by atoms with Gasteiger partial charge in [0.1, 0.15) is 0 Å². The van der Waals surface area contributed by atoms with Crippen molar-refractivity contribution in [1.29, 1.82) is 0 Å². The standard InChI is InChI=1S/C68H47N/c1-7-23-48(24-8-1)57-46-45-56(47-63(57)50-27-11-3-12-28-50)69(55-43-41-51(42-44-55)59-38-21-37-58(49-25-9-2-10-26-49)65(59)52-29-13-4-14-30-52)64-40-22-39-62-67(54-33-17-6-18-34-54)66(53-31-15-5-16-32-53)60-35-19-20-36-61(60)68(62)64/h1-47H. The lowest BCUT2D eigenvalue weighted by molar-refractivity contribution is 1.30. The zero-order valence-electron chi connectivity index (χ0n) is 38.1. The molecular formula is C68H47N. The highest BCUT2D eigenvalue weighted by Crippen LogP contribution is 2.50. The zero-order chi connectivity index (χ0) is 45.9. The second-order valence-corrected chi connectivity index (χ2v) is 17.5. The summed E-state index contributed by atoms with van der Waals surface area (Å²) >= 11 is 0. The molecule has 0 fully saturated rings. The van der Waals surface area contributed by atoms with Gasteiger partial charge in [0.05, 0.1) is 5.69 Å². The lowest BCUT2D eigenvalue weighted by atomic mass is 9.84. The maximum Gasteiger partial charge on any atom is 0.0546 e. The minimum Gasteiger partial charge on any atom is -0.310 e. The van der Waals surface area contributed by atoms with E-state index in [1.807, 2.05) is 0 Å². The van der Waals surface area contributed by atoms with E-state index in [9.17, 15) is 0 Å². The Balaban J connectivity index is 1.13. The minimum atomic E-state index is 1.07. The Labute approximate surface area is 404 Å². The van der Waals surface area contributed by atoms with Crippen molar-refractivity contribution in [3.05, 3.63) is 285 Å². The van der Waals surface area contributed by atoms with Gasteiger partial charge in [0.25, 0.3) is 0 Å². The third-order valence-electron chi connectivity index (χ3n) is 13.5. The highest BCUT2D eigenvalue weighted by Gasteiger charge is 2.24. The second-order valence-electron chi connectivity index (χ2n) is 17.5. The van der Waals surface area contributed by atoms with Crippen LogP contribution in [-0.4, -0.2) is 0 Å². The van der Waals surface area contributed by atoms with Crippen molar-refractivity contribution in [3.8, 4) is 77.9 Å². The van der Waals surface area contributed by atoms with E-state index in [0.717, 1.165) is 22.6 Å². The number of anilines is 3. The van der Waals surface area contributed by atoms with Gasteiger partial charge in [-0.15, -0.1) is 0 Å². The van der Waals surface area contributed by atoms with Crippen LogP contribution in [0.2, 0.25) is 0 Å². The lowest BCUT2D eigenvalue weighted by Crippen LogP contribution is -2.11. The smallest absolute Gasteiger partial charge is 0.0546 e. The van der Waals surface area contributed by atoms with Crippen molar-refractivity contribution in [2.75, 3.05) is 4.90 Å². The zero-order valence-corrected chi connectivity index (χ0v) is 38.1. The molecule has 12 aromatic carbocycles. The lowest BCUT2D eigenvalue weighted by Gasteiger charge is -2.30. The fourth-order valence-corrected chi connectivity index (χ4v) is 10.4. The van der Waals surface area contributed by atoms with Gasteiger partial charge >= 0.3 is 0 Å². The molecule has 0 bridgehead atoms. The molecule has 0 aliphatic rings. The highest BCUT2D eigenvalue weighted by atomic mass is 15.1. The molecule has 1 nitrogen and oxygen atoms in total. The predicted octanol–water partition coefficient (Wildman–Crippen LogP) is 19.1. The third kappa shape index (κ3) is 7.76. The molecule has 12 aromatic rings. The molecule has 12 rings (SSSR count). The minimum absolute atomic E-state index is 1.07. The van der Waals surface area contributed by atoms with Gasteiger partial charge in [-0.1, -0.05) is 255 Å². The summed E-state index contributed by atoms with van der Waals surface area (Å²) in [6.07, 6.45) is 0. The van der Waals surface area contributed by atoms with Gasteiger partial charge in [-0.3, -0.25) is 0 Å². The van der Waals surface area contributed by atoms with E-state index in [2.05, 4.69) is 290 Å². The summed E-state index contributed by atoms with van der Waals surface area (Å²) < 4.78 is 0. The fraction of sp³-hybridized carbons (Fsp3) is 0. The molecule has 324 valence electrons. The first-order valence-electron chi connectivity index (χ1n) is 23.8. The molecule has 0 saturated heterocycles. The Bertz CT molecular complexity index is 3720. The summed E-state index contributed by atoms with van der Waals surface area (Å²) in [6.45, 7) is 0. The van der Waals surface area contributed by atoms with E-state index in [0.29, 0.717) is 0 Å². The summed E-state index contributed by atoms with van der Waals surface area (Å²) in [5.74, 6) is 0. The molecule has 0 spiro atoms. The van der Waals surface area contributed by atoms with Gasteiger partial charge in [-0.25, -0.2) is 0 Å². The summed E-state index contributed by atoms with van der Waals surface area (Å²) in [5, 5.41) is 4.82. The van der Waals surface area contributed by atoms with Crippen LogP contribution in [-0.2, 0) is 0 Å². The molecule has 69 heavy (non-hydrogen) atoms. The fourth-order valence-electron chi connectivity index (χ4n) is 10.4. The van der Waals surface area contributed by atoms with Gasteiger partial charge in [-0.05, 0) is 124 Å². The van der Waals surface area contributed by atoms with Gasteiger partial charge < -0.3 is 4.90 Å². The van der Waals surface area contributed by atoms with Crippen LogP contribution in [0.25, 0.3) is 99.4 Å². The molecule has 0 saturated carbocycles. The van der Waals surface area contributed by atoms with Gasteiger partial charge in [0.15, 0.2) is 0 Å². The normalized spacial score (nSPS) is 11.2. The Morgan fingerprint density at radius 3 is 1.12 bits per heavy atom. The summed E-state index contributed by atoms with van der Waals surface area (Å²) in [7, 11) is 0. The average Bonchev–Trinajstić information content (AvgIpc) is 3.44. The molecule has 0 aromatic heterocycles. The number of fused-ring (bicyclic) bond motifs is 3. The third-order valence-corrected chi connectivity index (χ3v) is 13.5. The number of hydrogen-bond acceptors (Lipinski definition) is 1. The van der Waals surface area contributed by atoms with E-state index in [4.69, 9.17) is 0 Å². The van der Waals surface area contributed by atoms with Crippen LogP contribution in [0.5, 0.6) is 0 Å². The molecule has 0 atom stereocenters. The van der Waals surface area contributed by atoms with Crippen LogP contribution in [0, 0.1) is 0 Å². The maximum absolute atomic E-state index is 2.48. The first-order chi connectivity index (χ1) is 34.3. The van der Waals surface area contributed by atoms with Crippen LogP contribution >= 0.6 is 0 Å². The van der Waals surface area contributed by atoms with Crippen LogP contribution in [0.15, 0.2) is 285 Å². The van der Waals surface area contributed by atoms with E-state index in [1.165, 1.54) is 93.9 Å². The van der Waals surface area contributed by atoms with Crippen molar-refractivity contribution in [2.24, 2.45) is 0 Å². The summed E-state index contributed by atoms with van der Waals surface area (Å²) in [6, 6.07) is 104. The van der Waals surface area contributed by atoms with Crippen LogP contribution in [0.1, 0.15) is 0 Å². The number of benzene rings is 12. The molecular weight excluding hydrogens is 831 g/mol. The van der Waals surface area contributed by atoms with Gasteiger partial charge in [0, 0.05) is 16.8 Å². The maximum atomic E-state index is 2.48. The Hall–Kier alpha value is -9.04. The van der Waals surface area contributed by atoms with E-state index in [1.54, 1.807) is 0 Å². The Kier molecular flexibility index (Phi) is 11.0. The van der Waals surface area contributed by atoms with Crippen molar-refractivity contribution >= 4 is 38.6 Å². The van der Waals surface area contributed by atoms with Gasteiger partial charge in [-0.2, -0.15) is 0 Å². The van der Waals surface area contributed by atoms with Crippen molar-refractivity contribution in [3.63, 3.8) is 0 Å². The van der Waals surface area contributed by atoms with Crippen molar-refractivity contribution < 1.29 is 0 Å². The van der Waals surface area contributed by atoms with Crippen LogP contribution in [0.3, 0.4) is 0 Å². The van der Waals surface area contributed by atoms with Gasteiger partial charge in [0.2, 0.25) is 0 Å². The Morgan fingerprint density at radius 1 is 0.203 bits per heavy atom. The quantitative estimate of drug-likeness (QED) is 0.124. The molecule has 0 amide bonds. The number of hydrogen-bond donors (Lipinski definition) is 0. The van der Waals surface area contributed by atoms with Crippen LogP contribution < -0.4 is 4.90 Å². The van der Waals surface area contributed by atoms with Crippen molar-refractivity contribution in [1.82, 2.24) is 0 Å². The SMILES string of the molecule is c1ccc(-c2ccc(N(c3ccc(-c4cccc(-c5ccccc5)c4-c4ccccc4)cc3)c3cccc4c(-c5ccccc5)c(-c5ccccc5)c5ccccc5c34)cc2-c2ccccc2)cc1. The second kappa shape index (κ2) is 18.3. The van der Waals surface area contributed by atoms with Crippen molar-refractivity contribution in [2.45, 2.75) is 0 Å². The molecule has 0 N–H and O–H groups in total. The molecule has 0 heterocycles. The summed E-state index contributed by atoms with van der Waals surface area (Å²) in [4.78, 5) is 2.48. The summed E-state index contributed by atoms with van der Waals surface area (Å²) in [5.41, 5.74) is 20.0.